The summed E-state index contributed by atoms with van der Waals surface area (Å²) in [4.78, 5) is 21.3. The lowest BCUT2D eigenvalue weighted by Crippen LogP contribution is -2.03. The molecule has 1 aromatic heterocycles. The second-order valence-electron chi connectivity index (χ2n) is 3.82. The Morgan fingerprint density at radius 1 is 1.25 bits per heavy atom. The Morgan fingerprint density at radius 3 is 2.50 bits per heavy atom. The van der Waals surface area contributed by atoms with Crippen molar-refractivity contribution in [2.75, 3.05) is 7.11 Å². The standard InChI is InChI=1S/C13H11NO6/c1-18-10-4-2-9(3-5-10)8-19-13(15)11-6-7-12(20-11)14(16)17/h2-7H,8H2,1H3. The van der Waals surface area contributed by atoms with Crippen LogP contribution in [-0.2, 0) is 11.3 Å². The van der Waals surface area contributed by atoms with E-state index in [0.717, 1.165) is 11.6 Å². The molecule has 0 atom stereocenters. The smallest absolute Gasteiger partial charge is 0.433 e. The first-order valence-corrected chi connectivity index (χ1v) is 5.64. The molecule has 0 unspecified atom stereocenters. The van der Waals surface area contributed by atoms with Gasteiger partial charge in [0.2, 0.25) is 5.76 Å². The highest BCUT2D eigenvalue weighted by atomic mass is 16.7. The van der Waals surface area contributed by atoms with Crippen molar-refractivity contribution in [2.24, 2.45) is 0 Å². The number of furan rings is 1. The summed E-state index contributed by atoms with van der Waals surface area (Å²) in [6.07, 6.45) is 0. The van der Waals surface area contributed by atoms with Gasteiger partial charge in [0, 0.05) is 0 Å². The molecule has 0 aliphatic carbocycles. The quantitative estimate of drug-likeness (QED) is 0.473. The minimum absolute atomic E-state index is 0.0390. The number of nitro groups is 1. The van der Waals surface area contributed by atoms with Gasteiger partial charge in [0.05, 0.1) is 13.2 Å². The molecule has 1 aromatic carbocycles. The minimum atomic E-state index is -0.756. The number of benzene rings is 1. The Labute approximate surface area is 113 Å². The van der Waals surface area contributed by atoms with Crippen LogP contribution in [0.15, 0.2) is 40.8 Å². The van der Waals surface area contributed by atoms with Crippen LogP contribution in [-0.4, -0.2) is 18.0 Å². The van der Waals surface area contributed by atoms with Gasteiger partial charge in [0.15, 0.2) is 0 Å². The summed E-state index contributed by atoms with van der Waals surface area (Å²) in [6, 6.07) is 9.27. The number of esters is 1. The zero-order chi connectivity index (χ0) is 14.5. The lowest BCUT2D eigenvalue weighted by Gasteiger charge is -2.04. The number of rotatable bonds is 5. The van der Waals surface area contributed by atoms with E-state index in [1.54, 1.807) is 31.4 Å². The Bertz CT molecular complexity index is 616. The van der Waals surface area contributed by atoms with Crippen molar-refractivity contribution >= 4 is 11.9 Å². The van der Waals surface area contributed by atoms with Crippen LogP contribution >= 0.6 is 0 Å². The van der Waals surface area contributed by atoms with Crippen molar-refractivity contribution in [1.29, 1.82) is 0 Å². The van der Waals surface area contributed by atoms with Gasteiger partial charge in [-0.15, -0.1) is 0 Å². The summed E-state index contributed by atoms with van der Waals surface area (Å²) in [6.45, 7) is 0.0390. The molecule has 0 saturated carbocycles. The van der Waals surface area contributed by atoms with Crippen molar-refractivity contribution in [3.8, 4) is 5.75 Å². The van der Waals surface area contributed by atoms with E-state index in [1.807, 2.05) is 0 Å². The van der Waals surface area contributed by atoms with Crippen LogP contribution in [0.4, 0.5) is 5.88 Å². The topological polar surface area (TPSA) is 91.8 Å². The van der Waals surface area contributed by atoms with Gasteiger partial charge in [-0.05, 0) is 23.8 Å². The highest BCUT2D eigenvalue weighted by molar-refractivity contribution is 5.86. The van der Waals surface area contributed by atoms with Gasteiger partial charge in [0.25, 0.3) is 0 Å². The molecule has 2 aromatic rings. The van der Waals surface area contributed by atoms with Crippen LogP contribution in [0.3, 0.4) is 0 Å². The third-order valence-electron chi connectivity index (χ3n) is 2.50. The molecule has 0 aliphatic rings. The van der Waals surface area contributed by atoms with Gasteiger partial charge in [0.1, 0.15) is 17.3 Å². The Balaban J connectivity index is 1.95. The SMILES string of the molecule is COc1ccc(COC(=O)c2ccc([N+](=O)[O-])o2)cc1. The van der Waals surface area contributed by atoms with E-state index in [0.29, 0.717) is 5.75 Å². The van der Waals surface area contributed by atoms with Gasteiger partial charge in [-0.25, -0.2) is 4.79 Å². The van der Waals surface area contributed by atoms with Gasteiger partial charge >= 0.3 is 11.9 Å². The molecule has 0 radical (unpaired) electrons. The molecule has 0 saturated heterocycles. The van der Waals surface area contributed by atoms with E-state index in [-0.39, 0.29) is 12.4 Å². The average molecular weight is 277 g/mol. The maximum atomic E-state index is 11.6. The van der Waals surface area contributed by atoms with Crippen LogP contribution < -0.4 is 4.74 Å². The minimum Gasteiger partial charge on any atom is -0.497 e. The zero-order valence-corrected chi connectivity index (χ0v) is 10.6. The predicted octanol–water partition coefficient (Wildman–Crippen LogP) is 2.55. The molecular formula is C13H11NO6. The van der Waals surface area contributed by atoms with Crippen LogP contribution in [0.25, 0.3) is 0 Å². The summed E-state index contributed by atoms with van der Waals surface area (Å²) < 4.78 is 14.7. The number of carbonyl (C=O) groups is 1. The van der Waals surface area contributed by atoms with Crippen LogP contribution in [0.2, 0.25) is 0 Å². The maximum Gasteiger partial charge on any atom is 0.433 e. The van der Waals surface area contributed by atoms with Crippen LogP contribution in [0.5, 0.6) is 5.75 Å². The highest BCUT2D eigenvalue weighted by Gasteiger charge is 2.18. The Morgan fingerprint density at radius 2 is 1.95 bits per heavy atom. The fraction of sp³-hybridized carbons (Fsp3) is 0.154. The Hall–Kier alpha value is -2.83. The summed E-state index contributed by atoms with van der Waals surface area (Å²) in [7, 11) is 1.55. The first kappa shape index (κ1) is 13.6. The van der Waals surface area contributed by atoms with E-state index in [2.05, 4.69) is 0 Å². The lowest BCUT2D eigenvalue weighted by molar-refractivity contribution is -0.402. The van der Waals surface area contributed by atoms with Crippen molar-refractivity contribution in [3.05, 3.63) is 57.8 Å². The largest absolute Gasteiger partial charge is 0.497 e. The number of hydrogen-bond acceptors (Lipinski definition) is 6. The highest BCUT2D eigenvalue weighted by Crippen LogP contribution is 2.17. The molecular weight excluding hydrogens is 266 g/mol. The number of hydrogen-bond donors (Lipinski definition) is 0. The van der Waals surface area contributed by atoms with Crippen LogP contribution in [0.1, 0.15) is 16.1 Å². The van der Waals surface area contributed by atoms with Gasteiger partial charge in [-0.2, -0.15) is 0 Å². The van der Waals surface area contributed by atoms with Gasteiger partial charge in [-0.1, -0.05) is 12.1 Å². The molecule has 0 N–H and O–H groups in total. The molecule has 7 heteroatoms. The molecule has 0 bridgehead atoms. The molecule has 7 nitrogen and oxygen atoms in total. The van der Waals surface area contributed by atoms with Crippen molar-refractivity contribution < 1.29 is 23.6 Å². The van der Waals surface area contributed by atoms with E-state index in [1.165, 1.54) is 6.07 Å². The predicted molar refractivity (Wildman–Crippen MR) is 67.5 cm³/mol. The maximum absolute atomic E-state index is 11.6. The van der Waals surface area contributed by atoms with Gasteiger partial charge in [-0.3, -0.25) is 10.1 Å². The third kappa shape index (κ3) is 3.14. The molecule has 0 amide bonds. The second-order valence-corrected chi connectivity index (χ2v) is 3.82. The fourth-order valence-electron chi connectivity index (χ4n) is 1.48. The molecule has 104 valence electrons. The average Bonchev–Trinajstić information content (AvgIpc) is 2.95. The summed E-state index contributed by atoms with van der Waals surface area (Å²) in [5.74, 6) is -0.762. The van der Waals surface area contributed by atoms with Crippen LogP contribution in [0, 0.1) is 10.1 Å². The zero-order valence-electron chi connectivity index (χ0n) is 10.6. The number of carbonyl (C=O) groups excluding carboxylic acids is 1. The van der Waals surface area contributed by atoms with E-state index in [9.17, 15) is 14.9 Å². The van der Waals surface area contributed by atoms with E-state index in [4.69, 9.17) is 13.9 Å². The van der Waals surface area contributed by atoms with Crippen molar-refractivity contribution in [1.82, 2.24) is 0 Å². The molecule has 1 heterocycles. The summed E-state index contributed by atoms with van der Waals surface area (Å²) in [5.41, 5.74) is 0.764. The summed E-state index contributed by atoms with van der Waals surface area (Å²) >= 11 is 0. The molecule has 0 spiro atoms. The molecule has 0 fully saturated rings. The monoisotopic (exact) mass is 277 g/mol. The lowest BCUT2D eigenvalue weighted by atomic mass is 10.2. The normalized spacial score (nSPS) is 10.1. The first-order chi connectivity index (χ1) is 9.60. The first-order valence-electron chi connectivity index (χ1n) is 5.64. The van der Waals surface area contributed by atoms with E-state index >= 15 is 0 Å². The number of methoxy groups -OCH3 is 1. The van der Waals surface area contributed by atoms with E-state index < -0.39 is 16.8 Å². The number of ether oxygens (including phenoxy) is 2. The second kappa shape index (κ2) is 5.87. The fourth-order valence-corrected chi connectivity index (χ4v) is 1.48. The third-order valence-corrected chi connectivity index (χ3v) is 2.50. The van der Waals surface area contributed by atoms with Crippen molar-refractivity contribution in [2.45, 2.75) is 6.61 Å². The summed E-state index contributed by atoms with van der Waals surface area (Å²) in [5, 5.41) is 10.4. The Kier molecular flexibility index (Phi) is 3.99. The van der Waals surface area contributed by atoms with Crippen molar-refractivity contribution in [3.63, 3.8) is 0 Å². The number of nitrogens with zero attached hydrogens (tertiary/aromatic N) is 1. The molecule has 2 rings (SSSR count). The molecule has 0 aliphatic heterocycles. The van der Waals surface area contributed by atoms with Gasteiger partial charge < -0.3 is 13.9 Å². The molecule has 20 heavy (non-hydrogen) atoms.